The summed E-state index contributed by atoms with van der Waals surface area (Å²) in [5.41, 5.74) is 7.25. The first-order valence-corrected chi connectivity index (χ1v) is 6.98. The van der Waals surface area contributed by atoms with E-state index in [1.807, 2.05) is 12.4 Å². The molecule has 0 amide bonds. The summed E-state index contributed by atoms with van der Waals surface area (Å²) in [6.45, 7) is 2.95. The SMILES string of the molecule is CCC(N)Cc1nccn1Cc1ccc(Br)cc1. The molecule has 0 aliphatic rings. The van der Waals surface area contributed by atoms with Crippen molar-refractivity contribution in [2.24, 2.45) is 5.73 Å². The van der Waals surface area contributed by atoms with Gasteiger partial charge >= 0.3 is 0 Å². The highest BCUT2D eigenvalue weighted by Gasteiger charge is 2.07. The molecule has 0 radical (unpaired) electrons. The maximum atomic E-state index is 5.99. The largest absolute Gasteiger partial charge is 0.330 e. The third-order valence-corrected chi connectivity index (χ3v) is 3.57. The Labute approximate surface area is 116 Å². The van der Waals surface area contributed by atoms with Crippen LogP contribution >= 0.6 is 15.9 Å². The number of hydrogen-bond donors (Lipinski definition) is 1. The Morgan fingerprint density at radius 3 is 2.72 bits per heavy atom. The molecule has 4 heteroatoms. The zero-order chi connectivity index (χ0) is 13.0. The zero-order valence-electron chi connectivity index (χ0n) is 10.5. The molecular formula is C14H18BrN3. The van der Waals surface area contributed by atoms with Gasteiger partial charge in [-0.25, -0.2) is 4.98 Å². The van der Waals surface area contributed by atoms with E-state index in [1.54, 1.807) is 0 Å². The lowest BCUT2D eigenvalue weighted by Gasteiger charge is -2.11. The first kappa shape index (κ1) is 13.3. The van der Waals surface area contributed by atoms with Crippen LogP contribution in [0.2, 0.25) is 0 Å². The zero-order valence-corrected chi connectivity index (χ0v) is 12.1. The van der Waals surface area contributed by atoms with Crippen molar-refractivity contribution in [3.05, 3.63) is 52.5 Å². The number of nitrogens with zero attached hydrogens (tertiary/aromatic N) is 2. The Morgan fingerprint density at radius 1 is 1.33 bits per heavy atom. The lowest BCUT2D eigenvalue weighted by Crippen LogP contribution is -2.23. The van der Waals surface area contributed by atoms with Crippen LogP contribution < -0.4 is 5.73 Å². The van der Waals surface area contributed by atoms with Crippen LogP contribution in [0.3, 0.4) is 0 Å². The van der Waals surface area contributed by atoms with Gasteiger partial charge in [0.25, 0.3) is 0 Å². The average molecular weight is 308 g/mol. The smallest absolute Gasteiger partial charge is 0.110 e. The van der Waals surface area contributed by atoms with Crippen LogP contribution in [-0.4, -0.2) is 15.6 Å². The second-order valence-corrected chi connectivity index (χ2v) is 5.39. The third kappa shape index (κ3) is 3.43. The van der Waals surface area contributed by atoms with Crippen molar-refractivity contribution < 1.29 is 0 Å². The molecular weight excluding hydrogens is 290 g/mol. The molecule has 96 valence electrons. The highest BCUT2D eigenvalue weighted by atomic mass is 79.9. The third-order valence-electron chi connectivity index (χ3n) is 3.04. The Morgan fingerprint density at radius 2 is 2.06 bits per heavy atom. The van der Waals surface area contributed by atoms with Crippen LogP contribution in [-0.2, 0) is 13.0 Å². The average Bonchev–Trinajstić information content (AvgIpc) is 2.79. The summed E-state index contributed by atoms with van der Waals surface area (Å²) in [4.78, 5) is 4.39. The van der Waals surface area contributed by atoms with E-state index in [1.165, 1.54) is 5.56 Å². The minimum absolute atomic E-state index is 0.191. The molecule has 18 heavy (non-hydrogen) atoms. The Bertz CT molecular complexity index is 490. The molecule has 2 N–H and O–H groups in total. The minimum atomic E-state index is 0.191. The standard InChI is InChI=1S/C14H18BrN3/c1-2-13(16)9-14-17-7-8-18(14)10-11-3-5-12(15)6-4-11/h3-8,13H,2,9-10,16H2,1H3. The van der Waals surface area contributed by atoms with E-state index in [9.17, 15) is 0 Å². The molecule has 0 aliphatic carbocycles. The molecule has 2 aromatic rings. The quantitative estimate of drug-likeness (QED) is 0.923. The number of rotatable bonds is 5. The predicted octanol–water partition coefficient (Wildman–Crippen LogP) is 2.97. The van der Waals surface area contributed by atoms with Gasteiger partial charge in [0.05, 0.1) is 0 Å². The van der Waals surface area contributed by atoms with Gasteiger partial charge in [-0.15, -0.1) is 0 Å². The summed E-state index contributed by atoms with van der Waals surface area (Å²) in [7, 11) is 0. The molecule has 2 rings (SSSR count). The highest BCUT2D eigenvalue weighted by molar-refractivity contribution is 9.10. The first-order chi connectivity index (χ1) is 8.69. The van der Waals surface area contributed by atoms with Gasteiger partial charge in [0.2, 0.25) is 0 Å². The molecule has 1 unspecified atom stereocenters. The molecule has 0 spiro atoms. The number of benzene rings is 1. The maximum absolute atomic E-state index is 5.99. The molecule has 0 fully saturated rings. The van der Waals surface area contributed by atoms with E-state index < -0.39 is 0 Å². The summed E-state index contributed by atoms with van der Waals surface area (Å²) in [5.74, 6) is 1.06. The lowest BCUT2D eigenvalue weighted by molar-refractivity contribution is 0.597. The van der Waals surface area contributed by atoms with Gasteiger partial charge < -0.3 is 10.3 Å². The second kappa shape index (κ2) is 6.16. The summed E-state index contributed by atoms with van der Waals surface area (Å²) >= 11 is 3.44. The molecule has 1 aromatic heterocycles. The van der Waals surface area contributed by atoms with E-state index in [0.717, 1.165) is 29.7 Å². The Kier molecular flexibility index (Phi) is 4.55. The van der Waals surface area contributed by atoms with Crippen LogP contribution in [0, 0.1) is 0 Å². The number of imidazole rings is 1. The second-order valence-electron chi connectivity index (χ2n) is 4.47. The Hall–Kier alpha value is -1.13. The van der Waals surface area contributed by atoms with Crippen LogP contribution in [0.25, 0.3) is 0 Å². The molecule has 3 nitrogen and oxygen atoms in total. The summed E-state index contributed by atoms with van der Waals surface area (Å²) in [6, 6.07) is 8.55. The van der Waals surface area contributed by atoms with Crippen molar-refractivity contribution in [2.75, 3.05) is 0 Å². The van der Waals surface area contributed by atoms with Gasteiger partial charge in [0, 0.05) is 35.9 Å². The Balaban J connectivity index is 2.09. The summed E-state index contributed by atoms with van der Waals surface area (Å²) in [5, 5.41) is 0. The minimum Gasteiger partial charge on any atom is -0.330 e. The maximum Gasteiger partial charge on any atom is 0.110 e. The normalized spacial score (nSPS) is 12.6. The lowest BCUT2D eigenvalue weighted by atomic mass is 10.1. The molecule has 1 heterocycles. The summed E-state index contributed by atoms with van der Waals surface area (Å²) in [6.07, 6.45) is 5.67. The van der Waals surface area contributed by atoms with Crippen LogP contribution in [0.1, 0.15) is 24.7 Å². The van der Waals surface area contributed by atoms with E-state index >= 15 is 0 Å². The van der Waals surface area contributed by atoms with Crippen LogP contribution in [0.15, 0.2) is 41.1 Å². The van der Waals surface area contributed by atoms with Crippen molar-refractivity contribution in [1.82, 2.24) is 9.55 Å². The van der Waals surface area contributed by atoms with Gasteiger partial charge in [-0.2, -0.15) is 0 Å². The van der Waals surface area contributed by atoms with Crippen molar-refractivity contribution in [1.29, 1.82) is 0 Å². The first-order valence-electron chi connectivity index (χ1n) is 6.19. The fraction of sp³-hybridized carbons (Fsp3) is 0.357. The van der Waals surface area contributed by atoms with Gasteiger partial charge in [-0.1, -0.05) is 35.0 Å². The van der Waals surface area contributed by atoms with Crippen molar-refractivity contribution in [3.8, 4) is 0 Å². The molecule has 1 atom stereocenters. The topological polar surface area (TPSA) is 43.8 Å². The monoisotopic (exact) mass is 307 g/mol. The highest BCUT2D eigenvalue weighted by Crippen LogP contribution is 2.13. The van der Waals surface area contributed by atoms with E-state index in [-0.39, 0.29) is 6.04 Å². The number of nitrogens with two attached hydrogens (primary N) is 1. The molecule has 0 bridgehead atoms. The van der Waals surface area contributed by atoms with Gasteiger partial charge in [0.15, 0.2) is 0 Å². The van der Waals surface area contributed by atoms with E-state index in [0.29, 0.717) is 0 Å². The van der Waals surface area contributed by atoms with Crippen molar-refractivity contribution in [2.45, 2.75) is 32.4 Å². The number of aromatic nitrogens is 2. The number of halogens is 1. The fourth-order valence-electron chi connectivity index (χ4n) is 1.84. The van der Waals surface area contributed by atoms with Gasteiger partial charge in [-0.3, -0.25) is 0 Å². The molecule has 0 saturated carbocycles. The van der Waals surface area contributed by atoms with Gasteiger partial charge in [-0.05, 0) is 24.1 Å². The summed E-state index contributed by atoms with van der Waals surface area (Å²) < 4.78 is 3.27. The van der Waals surface area contributed by atoms with Crippen LogP contribution in [0.5, 0.6) is 0 Å². The van der Waals surface area contributed by atoms with E-state index in [4.69, 9.17) is 5.73 Å². The van der Waals surface area contributed by atoms with Crippen molar-refractivity contribution in [3.63, 3.8) is 0 Å². The number of hydrogen-bond acceptors (Lipinski definition) is 2. The molecule has 0 aliphatic heterocycles. The molecule has 1 aromatic carbocycles. The van der Waals surface area contributed by atoms with Crippen LogP contribution in [0.4, 0.5) is 0 Å². The van der Waals surface area contributed by atoms with E-state index in [2.05, 4.69) is 56.7 Å². The molecule has 0 saturated heterocycles. The van der Waals surface area contributed by atoms with Gasteiger partial charge in [0.1, 0.15) is 5.82 Å². The predicted molar refractivity (Wildman–Crippen MR) is 77.4 cm³/mol. The fourth-order valence-corrected chi connectivity index (χ4v) is 2.10. The van der Waals surface area contributed by atoms with Crippen molar-refractivity contribution >= 4 is 15.9 Å².